The van der Waals surface area contributed by atoms with Crippen molar-refractivity contribution in [3.8, 4) is 6.07 Å². The number of anilines is 2. The number of carbonyl (C=O) groups is 1. The molecule has 1 amide bonds. The lowest BCUT2D eigenvalue weighted by Crippen LogP contribution is -2.28. The molecule has 2 heterocycles. The van der Waals surface area contributed by atoms with E-state index in [-0.39, 0.29) is 5.91 Å². The van der Waals surface area contributed by atoms with Gasteiger partial charge in [0.1, 0.15) is 11.5 Å². The third-order valence-electron chi connectivity index (χ3n) is 3.53. The number of nitriles is 1. The molecule has 22 heavy (non-hydrogen) atoms. The molecular weight excluding hydrogens is 278 g/mol. The minimum Gasteiger partial charge on any atom is -0.339 e. The summed E-state index contributed by atoms with van der Waals surface area (Å²) in [5.41, 5.74) is 1.68. The molecule has 1 N–H and O–H groups in total. The summed E-state index contributed by atoms with van der Waals surface area (Å²) in [5, 5.41) is 11.9. The molecule has 1 fully saturated rings. The Labute approximate surface area is 128 Å². The molecule has 1 aliphatic rings. The Kier molecular flexibility index (Phi) is 3.97. The van der Waals surface area contributed by atoms with E-state index in [1.165, 1.54) is 12.4 Å². The molecule has 110 valence electrons. The van der Waals surface area contributed by atoms with E-state index in [4.69, 9.17) is 5.26 Å². The third kappa shape index (κ3) is 3.04. The van der Waals surface area contributed by atoms with Crippen molar-refractivity contribution in [3.05, 3.63) is 47.9 Å². The van der Waals surface area contributed by atoms with Crippen LogP contribution in [0.2, 0.25) is 0 Å². The lowest BCUT2D eigenvalue weighted by molar-refractivity contribution is 0.0786. The van der Waals surface area contributed by atoms with Gasteiger partial charge in [0.15, 0.2) is 0 Å². The lowest BCUT2D eigenvalue weighted by atomic mass is 10.2. The predicted molar refractivity (Wildman–Crippen MR) is 81.6 cm³/mol. The summed E-state index contributed by atoms with van der Waals surface area (Å²) >= 11 is 0. The van der Waals surface area contributed by atoms with Crippen molar-refractivity contribution in [2.24, 2.45) is 0 Å². The van der Waals surface area contributed by atoms with Gasteiger partial charge in [-0.05, 0) is 31.0 Å². The van der Waals surface area contributed by atoms with Crippen molar-refractivity contribution >= 4 is 17.4 Å². The van der Waals surface area contributed by atoms with Gasteiger partial charge in [0, 0.05) is 18.8 Å². The summed E-state index contributed by atoms with van der Waals surface area (Å²) in [4.78, 5) is 22.4. The molecule has 0 saturated carbocycles. The molecule has 0 bridgehead atoms. The molecule has 6 nitrogen and oxygen atoms in total. The van der Waals surface area contributed by atoms with Crippen LogP contribution in [0.1, 0.15) is 28.9 Å². The van der Waals surface area contributed by atoms with Crippen LogP contribution in [0.4, 0.5) is 11.5 Å². The molecular formula is C16H15N5O. The second kappa shape index (κ2) is 6.22. The Morgan fingerprint density at radius 1 is 1.23 bits per heavy atom. The first-order valence-electron chi connectivity index (χ1n) is 7.15. The minimum atomic E-state index is -0.0666. The van der Waals surface area contributed by atoms with Crippen LogP contribution in [0, 0.1) is 11.3 Å². The molecule has 6 heteroatoms. The zero-order chi connectivity index (χ0) is 15.4. The van der Waals surface area contributed by atoms with Gasteiger partial charge in [0.05, 0.1) is 24.0 Å². The molecule has 0 atom stereocenters. The quantitative estimate of drug-likeness (QED) is 0.939. The Hall–Kier alpha value is -2.94. The van der Waals surface area contributed by atoms with Gasteiger partial charge >= 0.3 is 0 Å². The first-order valence-corrected chi connectivity index (χ1v) is 7.15. The number of aromatic nitrogens is 2. The normalized spacial score (nSPS) is 13.7. The van der Waals surface area contributed by atoms with Crippen LogP contribution < -0.4 is 5.32 Å². The number of benzene rings is 1. The van der Waals surface area contributed by atoms with E-state index in [0.717, 1.165) is 31.6 Å². The van der Waals surface area contributed by atoms with E-state index in [9.17, 15) is 4.79 Å². The maximum atomic E-state index is 12.2. The molecule has 1 aromatic heterocycles. The van der Waals surface area contributed by atoms with Crippen molar-refractivity contribution in [2.45, 2.75) is 12.8 Å². The summed E-state index contributed by atoms with van der Waals surface area (Å²) in [6.07, 6.45) is 5.11. The molecule has 0 radical (unpaired) electrons. The second-order valence-corrected chi connectivity index (χ2v) is 5.10. The van der Waals surface area contributed by atoms with Crippen LogP contribution in [-0.4, -0.2) is 33.9 Å². The zero-order valence-electron chi connectivity index (χ0n) is 12.0. The molecule has 0 spiro atoms. The number of nitrogens with zero attached hydrogens (tertiary/aromatic N) is 4. The summed E-state index contributed by atoms with van der Waals surface area (Å²) in [5.74, 6) is 0.469. The smallest absolute Gasteiger partial charge is 0.274 e. The number of hydrogen-bond acceptors (Lipinski definition) is 5. The third-order valence-corrected chi connectivity index (χ3v) is 3.53. The highest BCUT2D eigenvalue weighted by Gasteiger charge is 2.20. The standard InChI is InChI=1S/C16H15N5O/c17-9-12-4-3-5-13(8-12)20-15-11-18-14(10-19-15)16(22)21-6-1-2-7-21/h3-5,8,10-11H,1-2,6-7H2,(H,19,20). The van der Waals surface area contributed by atoms with Gasteiger partial charge in [-0.2, -0.15) is 5.26 Å². The van der Waals surface area contributed by atoms with Gasteiger partial charge in [-0.15, -0.1) is 0 Å². The Morgan fingerprint density at radius 2 is 2.05 bits per heavy atom. The SMILES string of the molecule is N#Cc1cccc(Nc2cnc(C(=O)N3CCCC3)cn2)c1. The van der Waals surface area contributed by atoms with Gasteiger partial charge in [-0.25, -0.2) is 9.97 Å². The summed E-state index contributed by atoms with van der Waals surface area (Å²) < 4.78 is 0. The van der Waals surface area contributed by atoms with Crippen molar-refractivity contribution in [3.63, 3.8) is 0 Å². The topological polar surface area (TPSA) is 81.9 Å². The first-order chi connectivity index (χ1) is 10.8. The van der Waals surface area contributed by atoms with Gasteiger partial charge in [0.2, 0.25) is 0 Å². The van der Waals surface area contributed by atoms with Gasteiger partial charge in [-0.1, -0.05) is 6.07 Å². The van der Waals surface area contributed by atoms with Gasteiger partial charge in [-0.3, -0.25) is 4.79 Å². The average Bonchev–Trinajstić information content (AvgIpc) is 3.09. The molecule has 2 aromatic rings. The maximum absolute atomic E-state index is 12.2. The van der Waals surface area contributed by atoms with Crippen LogP contribution in [0.25, 0.3) is 0 Å². The fraction of sp³-hybridized carbons (Fsp3) is 0.250. The zero-order valence-corrected chi connectivity index (χ0v) is 12.0. The molecule has 3 rings (SSSR count). The number of hydrogen-bond donors (Lipinski definition) is 1. The van der Waals surface area contributed by atoms with E-state index in [1.807, 2.05) is 6.07 Å². The summed E-state index contributed by atoms with van der Waals surface area (Å²) in [6, 6.07) is 9.17. The van der Waals surface area contributed by atoms with E-state index in [2.05, 4.69) is 21.4 Å². The van der Waals surface area contributed by atoms with Crippen LogP contribution in [0.5, 0.6) is 0 Å². The number of nitrogens with one attached hydrogen (secondary N) is 1. The van der Waals surface area contributed by atoms with E-state index >= 15 is 0 Å². The number of likely N-dealkylation sites (tertiary alicyclic amines) is 1. The van der Waals surface area contributed by atoms with Crippen molar-refractivity contribution in [1.82, 2.24) is 14.9 Å². The van der Waals surface area contributed by atoms with Crippen LogP contribution in [-0.2, 0) is 0 Å². The van der Waals surface area contributed by atoms with Crippen LogP contribution in [0.3, 0.4) is 0 Å². The van der Waals surface area contributed by atoms with Gasteiger partial charge in [0.25, 0.3) is 5.91 Å². The summed E-state index contributed by atoms with van der Waals surface area (Å²) in [6.45, 7) is 1.59. The maximum Gasteiger partial charge on any atom is 0.274 e. The van der Waals surface area contributed by atoms with Crippen LogP contribution in [0.15, 0.2) is 36.7 Å². The lowest BCUT2D eigenvalue weighted by Gasteiger charge is -2.14. The molecule has 1 saturated heterocycles. The van der Waals surface area contributed by atoms with Crippen molar-refractivity contribution in [1.29, 1.82) is 5.26 Å². The van der Waals surface area contributed by atoms with Crippen molar-refractivity contribution in [2.75, 3.05) is 18.4 Å². The van der Waals surface area contributed by atoms with Crippen molar-refractivity contribution < 1.29 is 4.79 Å². The van der Waals surface area contributed by atoms with Crippen LogP contribution >= 0.6 is 0 Å². The molecule has 1 aromatic carbocycles. The molecule has 1 aliphatic heterocycles. The highest BCUT2D eigenvalue weighted by molar-refractivity contribution is 5.92. The first kappa shape index (κ1) is 14.0. The fourth-order valence-electron chi connectivity index (χ4n) is 2.40. The largest absolute Gasteiger partial charge is 0.339 e. The number of carbonyl (C=O) groups excluding carboxylic acids is 1. The fourth-order valence-corrected chi connectivity index (χ4v) is 2.40. The number of rotatable bonds is 3. The minimum absolute atomic E-state index is 0.0666. The predicted octanol–water partition coefficient (Wildman–Crippen LogP) is 2.33. The van der Waals surface area contributed by atoms with E-state index in [0.29, 0.717) is 17.1 Å². The Bertz CT molecular complexity index is 714. The number of amides is 1. The monoisotopic (exact) mass is 293 g/mol. The summed E-state index contributed by atoms with van der Waals surface area (Å²) in [7, 11) is 0. The highest BCUT2D eigenvalue weighted by Crippen LogP contribution is 2.16. The highest BCUT2D eigenvalue weighted by atomic mass is 16.2. The molecule has 0 unspecified atom stereocenters. The molecule has 0 aliphatic carbocycles. The Morgan fingerprint density at radius 3 is 2.73 bits per heavy atom. The van der Waals surface area contributed by atoms with E-state index < -0.39 is 0 Å². The van der Waals surface area contributed by atoms with Gasteiger partial charge < -0.3 is 10.2 Å². The average molecular weight is 293 g/mol. The van der Waals surface area contributed by atoms with E-state index in [1.54, 1.807) is 23.1 Å². The second-order valence-electron chi connectivity index (χ2n) is 5.10. The Balaban J connectivity index is 1.71.